The Labute approximate surface area is 179 Å². The van der Waals surface area contributed by atoms with Crippen molar-refractivity contribution in [1.29, 1.82) is 0 Å². The summed E-state index contributed by atoms with van der Waals surface area (Å²) < 4.78 is 11.7. The van der Waals surface area contributed by atoms with Gasteiger partial charge in [0.25, 0.3) is 0 Å². The van der Waals surface area contributed by atoms with Crippen molar-refractivity contribution in [1.82, 2.24) is 15.0 Å². The molecule has 4 aromatic rings. The number of nitrogens with one attached hydrogen (secondary N) is 1. The van der Waals surface area contributed by atoms with Crippen LogP contribution in [-0.2, 0) is 0 Å². The average Bonchev–Trinajstić information content (AvgIpc) is 3.15. The van der Waals surface area contributed by atoms with E-state index in [1.54, 1.807) is 17.7 Å². The molecule has 0 bridgehead atoms. The third kappa shape index (κ3) is 4.36. The van der Waals surface area contributed by atoms with E-state index in [0.29, 0.717) is 23.9 Å². The van der Waals surface area contributed by atoms with Crippen LogP contribution >= 0.6 is 11.3 Å². The molecule has 2 aromatic heterocycles. The monoisotopic (exact) mass is 420 g/mol. The van der Waals surface area contributed by atoms with Crippen LogP contribution in [0.3, 0.4) is 0 Å². The van der Waals surface area contributed by atoms with E-state index < -0.39 is 0 Å². The third-order valence-electron chi connectivity index (χ3n) is 4.40. The molecule has 0 aliphatic heterocycles. The molecule has 0 radical (unpaired) electrons. The first kappa shape index (κ1) is 20.1. The predicted molar refractivity (Wildman–Crippen MR) is 122 cm³/mol. The number of benzene rings is 2. The van der Waals surface area contributed by atoms with Gasteiger partial charge in [-0.2, -0.15) is 0 Å². The van der Waals surface area contributed by atoms with Crippen LogP contribution in [0.15, 0.2) is 48.1 Å². The normalized spacial score (nSPS) is 11.1. The Morgan fingerprint density at radius 3 is 2.70 bits per heavy atom. The van der Waals surface area contributed by atoms with E-state index in [-0.39, 0.29) is 6.10 Å². The lowest BCUT2D eigenvalue weighted by atomic mass is 10.1. The first-order valence-electron chi connectivity index (χ1n) is 9.91. The fraction of sp³-hybridized carbons (Fsp3) is 0.261. The van der Waals surface area contributed by atoms with Gasteiger partial charge in [-0.05, 0) is 45.9 Å². The molecule has 30 heavy (non-hydrogen) atoms. The first-order valence-corrected chi connectivity index (χ1v) is 10.8. The molecule has 0 unspecified atom stereocenters. The molecule has 4 rings (SSSR count). The summed E-state index contributed by atoms with van der Waals surface area (Å²) in [7, 11) is 0. The lowest BCUT2D eigenvalue weighted by molar-refractivity contribution is 0.224. The molecular weight excluding hydrogens is 396 g/mol. The van der Waals surface area contributed by atoms with Crippen molar-refractivity contribution in [2.75, 3.05) is 11.9 Å². The number of anilines is 2. The molecular formula is C23H24N4O2S. The molecule has 1 N–H and O–H groups in total. The fourth-order valence-electron chi connectivity index (χ4n) is 3.17. The number of aryl methyl sites for hydroxylation is 1. The summed E-state index contributed by atoms with van der Waals surface area (Å²) in [5.74, 6) is 2.08. The maximum absolute atomic E-state index is 5.92. The highest BCUT2D eigenvalue weighted by Crippen LogP contribution is 2.36. The van der Waals surface area contributed by atoms with Gasteiger partial charge in [-0.15, -0.1) is 11.3 Å². The highest BCUT2D eigenvalue weighted by Gasteiger charge is 2.14. The van der Waals surface area contributed by atoms with Crippen molar-refractivity contribution in [3.05, 3.63) is 53.1 Å². The number of hydrogen-bond donors (Lipinski definition) is 1. The molecule has 6 nitrogen and oxygen atoms in total. The SMILES string of the molecule is CCOc1cc2c(Nc3cccc(-c4csc(C)n4)c3)ncnc2cc1OC(C)C. The number of rotatable bonds is 7. The van der Waals surface area contributed by atoms with E-state index in [2.05, 4.69) is 37.8 Å². The van der Waals surface area contributed by atoms with Gasteiger partial charge in [-0.25, -0.2) is 15.0 Å². The summed E-state index contributed by atoms with van der Waals surface area (Å²) in [5, 5.41) is 7.41. The maximum atomic E-state index is 5.92. The van der Waals surface area contributed by atoms with Crippen molar-refractivity contribution in [2.45, 2.75) is 33.8 Å². The van der Waals surface area contributed by atoms with Gasteiger partial charge < -0.3 is 14.8 Å². The lowest BCUT2D eigenvalue weighted by Gasteiger charge is -2.16. The molecule has 7 heteroatoms. The molecule has 0 saturated carbocycles. The molecule has 0 spiro atoms. The van der Waals surface area contributed by atoms with E-state index in [4.69, 9.17) is 9.47 Å². The Morgan fingerprint density at radius 2 is 1.97 bits per heavy atom. The minimum Gasteiger partial charge on any atom is -0.490 e. The van der Waals surface area contributed by atoms with Crippen LogP contribution in [0.4, 0.5) is 11.5 Å². The number of fused-ring (bicyclic) bond motifs is 1. The molecule has 0 fully saturated rings. The number of hydrogen-bond acceptors (Lipinski definition) is 7. The zero-order chi connectivity index (χ0) is 21.1. The van der Waals surface area contributed by atoms with Gasteiger partial charge >= 0.3 is 0 Å². The van der Waals surface area contributed by atoms with Crippen LogP contribution in [0.2, 0.25) is 0 Å². The van der Waals surface area contributed by atoms with Crippen LogP contribution in [0.5, 0.6) is 11.5 Å². The van der Waals surface area contributed by atoms with Crippen molar-refractivity contribution in [3.63, 3.8) is 0 Å². The Morgan fingerprint density at radius 1 is 1.10 bits per heavy atom. The van der Waals surface area contributed by atoms with Crippen molar-refractivity contribution >= 4 is 33.7 Å². The number of nitrogens with zero attached hydrogens (tertiary/aromatic N) is 3. The van der Waals surface area contributed by atoms with Crippen molar-refractivity contribution in [2.24, 2.45) is 0 Å². The number of ether oxygens (including phenoxy) is 2. The smallest absolute Gasteiger partial charge is 0.163 e. The highest BCUT2D eigenvalue weighted by atomic mass is 32.1. The maximum Gasteiger partial charge on any atom is 0.163 e. The van der Waals surface area contributed by atoms with Crippen molar-refractivity contribution in [3.8, 4) is 22.8 Å². The summed E-state index contributed by atoms with van der Waals surface area (Å²) in [6, 6.07) is 12.0. The van der Waals surface area contributed by atoms with Gasteiger partial charge in [-0.1, -0.05) is 12.1 Å². The third-order valence-corrected chi connectivity index (χ3v) is 5.18. The van der Waals surface area contributed by atoms with E-state index in [9.17, 15) is 0 Å². The summed E-state index contributed by atoms with van der Waals surface area (Å²) >= 11 is 1.64. The molecule has 154 valence electrons. The Balaban J connectivity index is 1.71. The van der Waals surface area contributed by atoms with E-state index in [1.165, 1.54) is 0 Å². The summed E-state index contributed by atoms with van der Waals surface area (Å²) in [6.07, 6.45) is 1.59. The van der Waals surface area contributed by atoms with Crippen LogP contribution in [0, 0.1) is 6.92 Å². The first-order chi connectivity index (χ1) is 14.5. The van der Waals surface area contributed by atoms with Crippen LogP contribution in [0.25, 0.3) is 22.2 Å². The molecule has 0 saturated heterocycles. The van der Waals surface area contributed by atoms with E-state index >= 15 is 0 Å². The minimum absolute atomic E-state index is 0.0400. The Hall–Kier alpha value is -3.19. The topological polar surface area (TPSA) is 69.2 Å². The zero-order valence-electron chi connectivity index (χ0n) is 17.5. The quantitative estimate of drug-likeness (QED) is 0.396. The Kier molecular flexibility index (Phi) is 5.81. The standard InChI is InChI=1S/C23H24N4O2S/c1-5-28-21-10-18-19(11-22(21)29-14(2)3)24-13-25-23(18)27-17-8-6-7-16(9-17)20-12-30-15(4)26-20/h6-14H,5H2,1-4H3,(H,24,25,27). The van der Waals surface area contributed by atoms with Gasteiger partial charge in [0, 0.05) is 28.1 Å². The summed E-state index contributed by atoms with van der Waals surface area (Å²) in [4.78, 5) is 13.5. The molecule has 2 aromatic carbocycles. The van der Waals surface area contributed by atoms with Crippen LogP contribution in [0.1, 0.15) is 25.8 Å². The average molecular weight is 421 g/mol. The van der Waals surface area contributed by atoms with E-state index in [1.807, 2.05) is 52.0 Å². The van der Waals surface area contributed by atoms with Gasteiger partial charge in [0.05, 0.1) is 28.9 Å². The van der Waals surface area contributed by atoms with Crippen LogP contribution < -0.4 is 14.8 Å². The molecule has 2 heterocycles. The number of thiazole rings is 1. The molecule has 0 amide bonds. The lowest BCUT2D eigenvalue weighted by Crippen LogP contribution is -2.08. The number of aromatic nitrogens is 3. The van der Waals surface area contributed by atoms with Gasteiger partial charge in [0.1, 0.15) is 12.1 Å². The van der Waals surface area contributed by atoms with E-state index in [0.717, 1.165) is 32.9 Å². The second-order valence-electron chi connectivity index (χ2n) is 7.10. The fourth-order valence-corrected chi connectivity index (χ4v) is 3.79. The molecule has 0 atom stereocenters. The molecule has 0 aliphatic carbocycles. The second-order valence-corrected chi connectivity index (χ2v) is 8.16. The zero-order valence-corrected chi connectivity index (χ0v) is 18.3. The van der Waals surface area contributed by atoms with Crippen LogP contribution in [-0.4, -0.2) is 27.7 Å². The van der Waals surface area contributed by atoms with Gasteiger partial charge in [-0.3, -0.25) is 0 Å². The summed E-state index contributed by atoms with van der Waals surface area (Å²) in [6.45, 7) is 8.49. The minimum atomic E-state index is 0.0400. The van der Waals surface area contributed by atoms with Gasteiger partial charge in [0.15, 0.2) is 11.5 Å². The van der Waals surface area contributed by atoms with Gasteiger partial charge in [0.2, 0.25) is 0 Å². The predicted octanol–water partition coefficient (Wildman–Crippen LogP) is 5.99. The van der Waals surface area contributed by atoms with Crippen molar-refractivity contribution < 1.29 is 9.47 Å². The summed E-state index contributed by atoms with van der Waals surface area (Å²) in [5.41, 5.74) is 3.75. The Bertz CT molecular complexity index is 1170. The largest absolute Gasteiger partial charge is 0.490 e. The highest BCUT2D eigenvalue weighted by molar-refractivity contribution is 7.09. The second kappa shape index (κ2) is 8.67. The molecule has 0 aliphatic rings.